The number of aromatic nitrogens is 1. The van der Waals surface area contributed by atoms with Crippen molar-refractivity contribution in [3.8, 4) is 0 Å². The van der Waals surface area contributed by atoms with E-state index in [0.29, 0.717) is 24.6 Å². The number of carbonyl (C=O) groups is 1. The highest BCUT2D eigenvalue weighted by molar-refractivity contribution is 7.86. The molecule has 0 aliphatic carbocycles. The number of aryl methyl sites for hydroxylation is 1. The highest BCUT2D eigenvalue weighted by atomic mass is 32.2. The fraction of sp³-hybridized carbons (Fsp3) is 0.444. The van der Waals surface area contributed by atoms with Gasteiger partial charge in [-0.15, -0.1) is 0 Å². The predicted molar refractivity (Wildman–Crippen MR) is 111 cm³/mol. The number of rotatable bonds is 7. The van der Waals surface area contributed by atoms with Gasteiger partial charge in [0.25, 0.3) is 10.2 Å². The molecular weight excluding hydrogens is 398 g/mol. The average molecular weight is 424 g/mol. The first kappa shape index (κ1) is 20.7. The van der Waals surface area contributed by atoms with E-state index in [-0.39, 0.29) is 12.6 Å². The molecule has 0 saturated heterocycles. The molecule has 28 heavy (non-hydrogen) atoms. The third kappa shape index (κ3) is 5.07. The molecule has 2 amide bonds. The lowest BCUT2D eigenvalue weighted by Gasteiger charge is -2.27. The lowest BCUT2D eigenvalue weighted by atomic mass is 10.1. The minimum atomic E-state index is -3.45. The lowest BCUT2D eigenvalue weighted by molar-refractivity contribution is 0.252. The number of hydrogen-bond acceptors (Lipinski definition) is 5. The monoisotopic (exact) mass is 423 g/mol. The first-order chi connectivity index (χ1) is 13.4. The van der Waals surface area contributed by atoms with Crippen molar-refractivity contribution in [3.63, 3.8) is 0 Å². The Balaban J connectivity index is 1.48. The van der Waals surface area contributed by atoms with Crippen LogP contribution in [0, 0.1) is 0 Å². The second-order valence-electron chi connectivity index (χ2n) is 6.73. The maximum Gasteiger partial charge on any atom is 0.321 e. The minimum absolute atomic E-state index is 0.286. The minimum Gasteiger partial charge on any atom is -0.338 e. The standard InChI is InChI=1S/C18H25N5O3S2/c1-22(2)28(25,26)23-12-10-15-16(13-23)27-18(20-15)21-17(24)19-11-6-9-14-7-4-3-5-8-14/h3-5,7-8H,6,9-13H2,1-2H3,(H2,19,20,21,24). The van der Waals surface area contributed by atoms with Crippen molar-refractivity contribution >= 4 is 32.7 Å². The van der Waals surface area contributed by atoms with E-state index in [1.807, 2.05) is 18.2 Å². The molecule has 0 bridgehead atoms. The summed E-state index contributed by atoms with van der Waals surface area (Å²) < 4.78 is 27.2. The highest BCUT2D eigenvalue weighted by Gasteiger charge is 2.30. The smallest absolute Gasteiger partial charge is 0.321 e. The van der Waals surface area contributed by atoms with E-state index in [2.05, 4.69) is 27.8 Å². The summed E-state index contributed by atoms with van der Waals surface area (Å²) in [5.74, 6) is 0. The molecule has 1 aliphatic rings. The van der Waals surface area contributed by atoms with Crippen LogP contribution in [0.1, 0.15) is 22.6 Å². The largest absolute Gasteiger partial charge is 0.338 e. The Labute approximate surface area is 169 Å². The number of thiazole rings is 1. The summed E-state index contributed by atoms with van der Waals surface area (Å²) in [4.78, 5) is 17.4. The molecule has 0 fully saturated rings. The van der Waals surface area contributed by atoms with E-state index in [1.165, 1.54) is 39.6 Å². The molecule has 1 aromatic carbocycles. The number of urea groups is 1. The molecule has 1 aliphatic heterocycles. The van der Waals surface area contributed by atoms with Gasteiger partial charge in [-0.05, 0) is 18.4 Å². The number of anilines is 1. The number of nitrogens with one attached hydrogen (secondary N) is 2. The Morgan fingerprint density at radius 1 is 1.29 bits per heavy atom. The highest BCUT2D eigenvalue weighted by Crippen LogP contribution is 2.29. The number of hydrogen-bond donors (Lipinski definition) is 2. The van der Waals surface area contributed by atoms with Crippen LogP contribution in [0.3, 0.4) is 0 Å². The van der Waals surface area contributed by atoms with Gasteiger partial charge in [-0.3, -0.25) is 5.32 Å². The Hall–Kier alpha value is -2.01. The molecule has 152 valence electrons. The van der Waals surface area contributed by atoms with Gasteiger partial charge in [0.05, 0.1) is 12.2 Å². The Morgan fingerprint density at radius 3 is 2.75 bits per heavy atom. The van der Waals surface area contributed by atoms with Crippen molar-refractivity contribution in [2.75, 3.05) is 32.5 Å². The van der Waals surface area contributed by atoms with Crippen LogP contribution in [0.25, 0.3) is 0 Å². The van der Waals surface area contributed by atoms with E-state index in [1.54, 1.807) is 0 Å². The van der Waals surface area contributed by atoms with E-state index in [4.69, 9.17) is 0 Å². The number of nitrogens with zero attached hydrogens (tertiary/aromatic N) is 3. The van der Waals surface area contributed by atoms with Crippen molar-refractivity contribution in [2.24, 2.45) is 0 Å². The quantitative estimate of drug-likeness (QED) is 0.667. The van der Waals surface area contributed by atoms with Crippen molar-refractivity contribution in [1.29, 1.82) is 0 Å². The number of carbonyl (C=O) groups excluding carboxylic acids is 1. The first-order valence-corrected chi connectivity index (χ1v) is 11.3. The molecule has 10 heteroatoms. The van der Waals surface area contributed by atoms with Crippen LogP contribution in [-0.4, -0.2) is 55.2 Å². The van der Waals surface area contributed by atoms with Crippen LogP contribution in [0.15, 0.2) is 30.3 Å². The predicted octanol–water partition coefficient (Wildman–Crippen LogP) is 2.06. The van der Waals surface area contributed by atoms with E-state index in [0.717, 1.165) is 23.4 Å². The van der Waals surface area contributed by atoms with Crippen LogP contribution in [-0.2, 0) is 29.6 Å². The summed E-state index contributed by atoms with van der Waals surface area (Å²) in [6.45, 7) is 1.25. The molecule has 0 spiro atoms. The zero-order chi connectivity index (χ0) is 20.1. The normalized spacial score (nSPS) is 14.7. The van der Waals surface area contributed by atoms with Gasteiger partial charge in [-0.25, -0.2) is 9.78 Å². The van der Waals surface area contributed by atoms with Gasteiger partial charge in [-0.1, -0.05) is 41.7 Å². The number of fused-ring (bicyclic) bond motifs is 1. The van der Waals surface area contributed by atoms with Gasteiger partial charge in [0.2, 0.25) is 0 Å². The third-order valence-corrected chi connectivity index (χ3v) is 7.36. The maximum absolute atomic E-state index is 12.3. The van der Waals surface area contributed by atoms with E-state index < -0.39 is 10.2 Å². The number of amides is 2. The van der Waals surface area contributed by atoms with Gasteiger partial charge < -0.3 is 5.32 Å². The fourth-order valence-electron chi connectivity index (χ4n) is 2.93. The van der Waals surface area contributed by atoms with Crippen LogP contribution in [0.4, 0.5) is 9.93 Å². The van der Waals surface area contributed by atoms with Gasteiger partial charge in [0, 0.05) is 38.5 Å². The Kier molecular flexibility index (Phi) is 6.65. The summed E-state index contributed by atoms with van der Waals surface area (Å²) in [5, 5.41) is 6.08. The molecule has 1 aromatic heterocycles. The molecular formula is C18H25N5O3S2. The fourth-order valence-corrected chi connectivity index (χ4v) is 5.11. The molecule has 2 N–H and O–H groups in total. The number of benzene rings is 1. The van der Waals surface area contributed by atoms with Gasteiger partial charge in [-0.2, -0.15) is 17.0 Å². The third-order valence-electron chi connectivity index (χ3n) is 4.48. The molecule has 0 unspecified atom stereocenters. The van der Waals surface area contributed by atoms with E-state index >= 15 is 0 Å². The van der Waals surface area contributed by atoms with E-state index in [9.17, 15) is 13.2 Å². The average Bonchev–Trinajstić information content (AvgIpc) is 3.07. The molecule has 8 nitrogen and oxygen atoms in total. The van der Waals surface area contributed by atoms with Gasteiger partial charge in [0.1, 0.15) is 0 Å². The van der Waals surface area contributed by atoms with Crippen molar-refractivity contribution in [2.45, 2.75) is 25.8 Å². The van der Waals surface area contributed by atoms with Crippen molar-refractivity contribution in [3.05, 3.63) is 46.5 Å². The molecule has 0 saturated carbocycles. The molecule has 0 radical (unpaired) electrons. The summed E-state index contributed by atoms with van der Waals surface area (Å²) in [6, 6.07) is 9.84. The summed E-state index contributed by atoms with van der Waals surface area (Å²) >= 11 is 1.32. The zero-order valence-corrected chi connectivity index (χ0v) is 17.6. The Bertz CT molecular complexity index is 913. The maximum atomic E-state index is 12.3. The van der Waals surface area contributed by atoms with Crippen molar-refractivity contribution in [1.82, 2.24) is 18.9 Å². The first-order valence-electron chi connectivity index (χ1n) is 9.11. The molecule has 3 rings (SSSR count). The Morgan fingerprint density at radius 2 is 2.04 bits per heavy atom. The van der Waals surface area contributed by atoms with Crippen LogP contribution in [0.5, 0.6) is 0 Å². The molecule has 2 heterocycles. The van der Waals surface area contributed by atoms with Gasteiger partial charge in [0.15, 0.2) is 5.13 Å². The van der Waals surface area contributed by atoms with Gasteiger partial charge >= 0.3 is 6.03 Å². The summed E-state index contributed by atoms with van der Waals surface area (Å²) in [6.07, 6.45) is 2.30. The summed E-state index contributed by atoms with van der Waals surface area (Å²) in [7, 11) is -0.408. The second-order valence-corrected chi connectivity index (χ2v) is 9.96. The van der Waals surface area contributed by atoms with Crippen LogP contribution >= 0.6 is 11.3 Å². The lowest BCUT2D eigenvalue weighted by Crippen LogP contribution is -2.42. The molecule has 2 aromatic rings. The van der Waals surface area contributed by atoms with Crippen LogP contribution < -0.4 is 10.6 Å². The van der Waals surface area contributed by atoms with Crippen molar-refractivity contribution < 1.29 is 13.2 Å². The SMILES string of the molecule is CN(C)S(=O)(=O)N1CCc2nc(NC(=O)NCCCc3ccccc3)sc2C1. The van der Waals surface area contributed by atoms with Crippen LogP contribution in [0.2, 0.25) is 0 Å². The topological polar surface area (TPSA) is 94.6 Å². The zero-order valence-electron chi connectivity index (χ0n) is 16.0. The molecule has 0 atom stereocenters. The summed E-state index contributed by atoms with van der Waals surface area (Å²) in [5.41, 5.74) is 2.10. The second kappa shape index (κ2) is 8.99.